The molecule has 19 heavy (non-hydrogen) atoms. The van der Waals surface area contributed by atoms with Gasteiger partial charge in [-0.2, -0.15) is 0 Å². The monoisotopic (exact) mass is 328 g/mol. The molecule has 0 aliphatic carbocycles. The molecule has 0 saturated carbocycles. The van der Waals surface area contributed by atoms with Crippen LogP contribution in [0.25, 0.3) is 0 Å². The van der Waals surface area contributed by atoms with Gasteiger partial charge in [-0.15, -0.1) is 0 Å². The maximum Gasteiger partial charge on any atom is 0.270 e. The first-order chi connectivity index (χ1) is 8.75. The Kier molecular flexibility index (Phi) is 5.05. The van der Waals surface area contributed by atoms with Gasteiger partial charge in [0.25, 0.3) is 11.6 Å². The van der Waals surface area contributed by atoms with Crippen molar-refractivity contribution in [1.82, 2.24) is 5.32 Å². The number of halogens is 1. The first kappa shape index (κ1) is 15.6. The van der Waals surface area contributed by atoms with E-state index >= 15 is 0 Å². The summed E-state index contributed by atoms with van der Waals surface area (Å²) >= 11 is 3.33. The summed E-state index contributed by atoms with van der Waals surface area (Å²) in [5.74, 6) is -0.294. The molecule has 0 unspecified atom stereocenters. The predicted octanol–water partition coefficient (Wildman–Crippen LogP) is 3.20. The molecule has 0 atom stereocenters. The Morgan fingerprint density at radius 1 is 1.42 bits per heavy atom. The Morgan fingerprint density at radius 2 is 2.05 bits per heavy atom. The van der Waals surface area contributed by atoms with Crippen LogP contribution in [0.2, 0.25) is 0 Å². The number of benzene rings is 1. The summed E-state index contributed by atoms with van der Waals surface area (Å²) in [6.45, 7) is 5.56. The number of nitro benzene ring substituents is 1. The summed E-state index contributed by atoms with van der Waals surface area (Å²) < 4.78 is 0. The van der Waals surface area contributed by atoms with Gasteiger partial charge in [-0.3, -0.25) is 14.9 Å². The van der Waals surface area contributed by atoms with E-state index < -0.39 is 4.92 Å². The van der Waals surface area contributed by atoms with Crippen molar-refractivity contribution in [2.75, 3.05) is 5.33 Å². The van der Waals surface area contributed by atoms with E-state index in [-0.39, 0.29) is 17.1 Å². The Hall–Kier alpha value is -1.43. The zero-order chi connectivity index (χ0) is 14.6. The minimum atomic E-state index is -0.493. The van der Waals surface area contributed by atoms with E-state index in [0.29, 0.717) is 11.1 Å². The topological polar surface area (TPSA) is 72.2 Å². The Morgan fingerprint density at radius 3 is 2.58 bits per heavy atom. The van der Waals surface area contributed by atoms with Gasteiger partial charge in [0.15, 0.2) is 0 Å². The van der Waals surface area contributed by atoms with E-state index in [4.69, 9.17) is 0 Å². The fourth-order valence-electron chi connectivity index (χ4n) is 1.68. The normalized spacial score (nSPS) is 11.2. The number of hydrogen-bond acceptors (Lipinski definition) is 3. The number of rotatable bonds is 5. The maximum absolute atomic E-state index is 12.1. The number of alkyl halides is 1. The number of nitrogens with one attached hydrogen (secondary N) is 1. The third kappa shape index (κ3) is 4.63. The third-order valence-electron chi connectivity index (χ3n) is 2.71. The van der Waals surface area contributed by atoms with E-state index in [1.54, 1.807) is 13.0 Å². The first-order valence-electron chi connectivity index (χ1n) is 5.90. The number of amides is 1. The molecule has 0 spiro atoms. The number of hydrogen-bond donors (Lipinski definition) is 1. The highest BCUT2D eigenvalue weighted by Crippen LogP contribution is 2.18. The zero-order valence-corrected chi connectivity index (χ0v) is 12.8. The van der Waals surface area contributed by atoms with Crippen molar-refractivity contribution >= 4 is 27.5 Å². The lowest BCUT2D eigenvalue weighted by Crippen LogP contribution is -2.43. The number of carbonyl (C=O) groups is 1. The predicted molar refractivity (Wildman–Crippen MR) is 77.8 cm³/mol. The van der Waals surface area contributed by atoms with Gasteiger partial charge in [-0.1, -0.05) is 15.9 Å². The van der Waals surface area contributed by atoms with Gasteiger partial charge in [0.2, 0.25) is 0 Å². The van der Waals surface area contributed by atoms with Gasteiger partial charge in [-0.05, 0) is 38.8 Å². The standard InChI is InChI=1S/C13H17BrN2O3/c1-9-6-10(8-11(7-9)16(18)19)12(17)15-13(2,3)4-5-14/h6-8H,4-5H2,1-3H3,(H,15,17). The molecule has 0 heterocycles. The van der Waals surface area contributed by atoms with E-state index in [9.17, 15) is 14.9 Å². The average molecular weight is 329 g/mol. The van der Waals surface area contributed by atoms with Gasteiger partial charge in [0.05, 0.1) is 4.92 Å². The van der Waals surface area contributed by atoms with Crippen molar-refractivity contribution in [3.63, 3.8) is 0 Å². The van der Waals surface area contributed by atoms with Crippen LogP contribution in [0.5, 0.6) is 0 Å². The molecule has 0 aliphatic rings. The summed E-state index contributed by atoms with van der Waals surface area (Å²) in [6, 6.07) is 4.39. The van der Waals surface area contributed by atoms with Gasteiger partial charge >= 0.3 is 0 Å². The highest BCUT2D eigenvalue weighted by Gasteiger charge is 2.21. The van der Waals surface area contributed by atoms with Crippen LogP contribution in [0, 0.1) is 17.0 Å². The molecule has 5 nitrogen and oxygen atoms in total. The van der Waals surface area contributed by atoms with Gasteiger partial charge < -0.3 is 5.32 Å². The smallest absolute Gasteiger partial charge is 0.270 e. The van der Waals surface area contributed by atoms with Crippen molar-refractivity contribution in [3.05, 3.63) is 39.4 Å². The molecule has 6 heteroatoms. The second kappa shape index (κ2) is 6.14. The minimum Gasteiger partial charge on any atom is -0.347 e. The number of aryl methyl sites for hydroxylation is 1. The second-order valence-electron chi connectivity index (χ2n) is 5.09. The number of carbonyl (C=O) groups excluding carboxylic acids is 1. The summed E-state index contributed by atoms with van der Waals surface area (Å²) in [5.41, 5.74) is 0.578. The van der Waals surface area contributed by atoms with E-state index in [1.165, 1.54) is 12.1 Å². The van der Waals surface area contributed by atoms with Crippen LogP contribution in [0.15, 0.2) is 18.2 Å². The molecule has 0 radical (unpaired) electrons. The zero-order valence-electron chi connectivity index (χ0n) is 11.2. The molecule has 0 aromatic heterocycles. The minimum absolute atomic E-state index is 0.0663. The molecule has 0 aliphatic heterocycles. The number of nitrogens with zero attached hydrogens (tertiary/aromatic N) is 1. The molecule has 1 N–H and O–H groups in total. The average Bonchev–Trinajstić information content (AvgIpc) is 2.27. The molecule has 1 aromatic rings. The third-order valence-corrected chi connectivity index (χ3v) is 3.10. The van der Waals surface area contributed by atoms with Crippen molar-refractivity contribution in [2.24, 2.45) is 0 Å². The number of nitro groups is 1. The van der Waals surface area contributed by atoms with Crippen molar-refractivity contribution in [2.45, 2.75) is 32.7 Å². The van der Waals surface area contributed by atoms with Crippen LogP contribution in [0.1, 0.15) is 36.2 Å². The fraction of sp³-hybridized carbons (Fsp3) is 0.462. The Labute approximate surface area is 120 Å². The number of non-ortho nitro benzene ring substituents is 1. The van der Waals surface area contributed by atoms with Crippen LogP contribution in [-0.2, 0) is 0 Å². The van der Waals surface area contributed by atoms with Crippen LogP contribution >= 0.6 is 15.9 Å². The molecule has 1 aromatic carbocycles. The Balaban J connectivity index is 2.97. The SMILES string of the molecule is Cc1cc(C(=O)NC(C)(C)CCBr)cc([N+](=O)[O-])c1. The molecule has 1 amide bonds. The van der Waals surface area contributed by atoms with Gasteiger partial charge in [0, 0.05) is 28.6 Å². The van der Waals surface area contributed by atoms with Gasteiger partial charge in [-0.25, -0.2) is 0 Å². The Bertz CT molecular complexity index is 501. The molecule has 104 valence electrons. The summed E-state index contributed by atoms with van der Waals surface area (Å²) in [4.78, 5) is 22.4. The molecule has 1 rings (SSSR count). The van der Waals surface area contributed by atoms with Crippen LogP contribution in [0.4, 0.5) is 5.69 Å². The van der Waals surface area contributed by atoms with Crippen LogP contribution < -0.4 is 5.32 Å². The van der Waals surface area contributed by atoms with E-state index in [0.717, 1.165) is 11.8 Å². The van der Waals surface area contributed by atoms with E-state index in [2.05, 4.69) is 21.2 Å². The maximum atomic E-state index is 12.1. The van der Waals surface area contributed by atoms with Gasteiger partial charge in [0.1, 0.15) is 0 Å². The fourth-order valence-corrected chi connectivity index (χ4v) is 2.67. The van der Waals surface area contributed by atoms with Crippen LogP contribution in [-0.4, -0.2) is 21.7 Å². The summed E-state index contributed by atoms with van der Waals surface area (Å²) in [6.07, 6.45) is 0.770. The summed E-state index contributed by atoms with van der Waals surface area (Å²) in [5, 5.41) is 14.4. The van der Waals surface area contributed by atoms with E-state index in [1.807, 2.05) is 13.8 Å². The second-order valence-corrected chi connectivity index (χ2v) is 5.88. The first-order valence-corrected chi connectivity index (χ1v) is 7.02. The lowest BCUT2D eigenvalue weighted by atomic mass is 10.0. The summed E-state index contributed by atoms with van der Waals surface area (Å²) in [7, 11) is 0. The highest BCUT2D eigenvalue weighted by molar-refractivity contribution is 9.09. The molecular weight excluding hydrogens is 312 g/mol. The molecule has 0 bridgehead atoms. The lowest BCUT2D eigenvalue weighted by Gasteiger charge is -2.25. The largest absolute Gasteiger partial charge is 0.347 e. The highest BCUT2D eigenvalue weighted by atomic mass is 79.9. The van der Waals surface area contributed by atoms with Crippen molar-refractivity contribution in [1.29, 1.82) is 0 Å². The molecule has 0 saturated heterocycles. The van der Waals surface area contributed by atoms with Crippen molar-refractivity contribution < 1.29 is 9.72 Å². The molecule has 0 fully saturated rings. The van der Waals surface area contributed by atoms with Crippen molar-refractivity contribution in [3.8, 4) is 0 Å². The quantitative estimate of drug-likeness (QED) is 0.512. The van der Waals surface area contributed by atoms with Crippen LogP contribution in [0.3, 0.4) is 0 Å². The molecular formula is C13H17BrN2O3. The lowest BCUT2D eigenvalue weighted by molar-refractivity contribution is -0.384.